The molecule has 0 bridgehead atoms. The first-order valence-electron chi connectivity index (χ1n) is 17.7. The van der Waals surface area contributed by atoms with Crippen LogP contribution in [0.25, 0.3) is 0 Å². The van der Waals surface area contributed by atoms with Gasteiger partial charge < -0.3 is 28.4 Å². The number of rotatable bonds is 14. The van der Waals surface area contributed by atoms with Crippen LogP contribution < -0.4 is 0 Å². The van der Waals surface area contributed by atoms with Gasteiger partial charge in [0.1, 0.15) is 19.3 Å². The Morgan fingerprint density at radius 1 is 0.436 bits per heavy atom. The van der Waals surface area contributed by atoms with Crippen LogP contribution in [0.15, 0.2) is 152 Å². The lowest BCUT2D eigenvalue weighted by atomic mass is 9.91. The van der Waals surface area contributed by atoms with Crippen LogP contribution in [0.5, 0.6) is 0 Å². The highest BCUT2D eigenvalue weighted by Gasteiger charge is 2.53. The van der Waals surface area contributed by atoms with E-state index in [9.17, 15) is 24.0 Å². The fourth-order valence-electron chi connectivity index (χ4n) is 5.96. The molecule has 5 aromatic carbocycles. The van der Waals surface area contributed by atoms with Gasteiger partial charge in [-0.1, -0.05) is 103 Å². The summed E-state index contributed by atoms with van der Waals surface area (Å²) in [5, 5.41) is 0. The van der Waals surface area contributed by atoms with E-state index in [1.807, 2.05) is 30.3 Å². The molecule has 0 spiro atoms. The smallest absolute Gasteiger partial charge is 0.338 e. The summed E-state index contributed by atoms with van der Waals surface area (Å²) >= 11 is 0. The van der Waals surface area contributed by atoms with Crippen molar-refractivity contribution in [2.45, 2.75) is 50.0 Å². The molecule has 0 saturated carbocycles. The first kappa shape index (κ1) is 38.1. The third kappa shape index (κ3) is 10.5. The van der Waals surface area contributed by atoms with E-state index in [2.05, 4.69) is 0 Å². The third-order valence-electron chi connectivity index (χ3n) is 8.75. The molecular formula is C44H38O11. The topological polar surface area (TPSA) is 141 Å². The summed E-state index contributed by atoms with van der Waals surface area (Å²) in [7, 11) is 0. The quantitative estimate of drug-likeness (QED) is 0.0875. The van der Waals surface area contributed by atoms with Gasteiger partial charge in [-0.05, 0) is 60.5 Å². The molecule has 0 unspecified atom stereocenters. The van der Waals surface area contributed by atoms with E-state index in [1.165, 1.54) is 24.3 Å². The van der Waals surface area contributed by atoms with Crippen molar-refractivity contribution in [3.05, 3.63) is 179 Å². The van der Waals surface area contributed by atoms with Gasteiger partial charge in [0.05, 0.1) is 28.4 Å². The van der Waals surface area contributed by atoms with E-state index in [1.54, 1.807) is 97.1 Å². The summed E-state index contributed by atoms with van der Waals surface area (Å²) in [6.45, 7) is -0.432. The number of hydrogen-bond donors (Lipinski definition) is 0. The van der Waals surface area contributed by atoms with Crippen molar-refractivity contribution in [1.82, 2.24) is 0 Å². The number of esters is 5. The van der Waals surface area contributed by atoms with Crippen LogP contribution in [-0.2, 0) is 39.8 Å². The molecule has 11 heteroatoms. The standard InChI is InChI=1S/C44H38O11/c45-37(50-28-30-16-6-1-7-17-30)27-26-35-38(53-42(47)32-20-10-3-11-21-32)40(55-44(49)34-24-14-5-15-25-34)39(54-43(48)33-22-12-4-13-23-33)36(52-35)29-51-41(46)31-18-8-2-9-19-31/h1-25,35-36,38-40H,26-29H2/t35-,36-,38+,39+,40-/m1/s1. The number of benzene rings is 5. The van der Waals surface area contributed by atoms with Gasteiger partial charge >= 0.3 is 29.8 Å². The van der Waals surface area contributed by atoms with Crippen LogP contribution >= 0.6 is 0 Å². The number of carbonyl (C=O) groups excluding carboxylic acids is 5. The molecule has 5 atom stereocenters. The molecule has 11 nitrogen and oxygen atoms in total. The fraction of sp³-hybridized carbons (Fsp3) is 0.205. The molecule has 0 amide bonds. The van der Waals surface area contributed by atoms with Gasteiger partial charge in [-0.15, -0.1) is 0 Å². The zero-order chi connectivity index (χ0) is 38.4. The highest BCUT2D eigenvalue weighted by atomic mass is 16.7. The first-order chi connectivity index (χ1) is 26.9. The largest absolute Gasteiger partial charge is 0.461 e. The van der Waals surface area contributed by atoms with Crippen molar-refractivity contribution >= 4 is 29.8 Å². The van der Waals surface area contributed by atoms with E-state index in [0.717, 1.165) is 5.56 Å². The molecular weight excluding hydrogens is 704 g/mol. The normalized spacial score (nSPS) is 18.9. The highest BCUT2D eigenvalue weighted by molar-refractivity contribution is 5.91. The second kappa shape index (κ2) is 18.9. The molecule has 1 aliphatic rings. The third-order valence-corrected chi connectivity index (χ3v) is 8.75. The molecule has 6 rings (SSSR count). The number of carbonyl (C=O) groups is 5. The summed E-state index contributed by atoms with van der Waals surface area (Å²) in [5.41, 5.74) is 1.58. The predicted molar refractivity (Wildman–Crippen MR) is 198 cm³/mol. The summed E-state index contributed by atoms with van der Waals surface area (Å²) in [6.07, 6.45) is -7.07. The number of hydrogen-bond acceptors (Lipinski definition) is 11. The molecule has 5 aromatic rings. The molecule has 0 aliphatic carbocycles. The van der Waals surface area contributed by atoms with Crippen molar-refractivity contribution in [3.8, 4) is 0 Å². The summed E-state index contributed by atoms with van der Waals surface area (Å²) < 4.78 is 35.9. The van der Waals surface area contributed by atoms with Crippen molar-refractivity contribution in [2.24, 2.45) is 0 Å². The van der Waals surface area contributed by atoms with Gasteiger partial charge in [-0.2, -0.15) is 0 Å². The molecule has 0 radical (unpaired) electrons. The Hall–Kier alpha value is -6.59. The Kier molecular flexibility index (Phi) is 13.1. The van der Waals surface area contributed by atoms with Crippen LogP contribution in [0.3, 0.4) is 0 Å². The van der Waals surface area contributed by atoms with Crippen LogP contribution in [0, 0.1) is 0 Å². The minimum absolute atomic E-state index is 0.0322. The van der Waals surface area contributed by atoms with E-state index < -0.39 is 67.0 Å². The lowest BCUT2D eigenvalue weighted by Gasteiger charge is -2.44. The lowest BCUT2D eigenvalue weighted by molar-refractivity contribution is -0.230. The van der Waals surface area contributed by atoms with Crippen LogP contribution in [0.1, 0.15) is 59.8 Å². The zero-order valence-electron chi connectivity index (χ0n) is 29.6. The number of ether oxygens (including phenoxy) is 6. The lowest BCUT2D eigenvalue weighted by Crippen LogP contribution is -2.62. The van der Waals surface area contributed by atoms with Crippen LogP contribution in [0.4, 0.5) is 0 Å². The summed E-state index contributed by atoms with van der Waals surface area (Å²) in [6, 6.07) is 41.7. The minimum atomic E-state index is -1.51. The second-order valence-corrected chi connectivity index (χ2v) is 12.6. The Balaban J connectivity index is 1.35. The zero-order valence-corrected chi connectivity index (χ0v) is 29.6. The average molecular weight is 743 g/mol. The maximum atomic E-state index is 13.8. The maximum absolute atomic E-state index is 13.8. The van der Waals surface area contributed by atoms with Crippen molar-refractivity contribution in [1.29, 1.82) is 0 Å². The van der Waals surface area contributed by atoms with Gasteiger partial charge in [0.15, 0.2) is 18.3 Å². The Labute approximate surface area is 317 Å². The average Bonchev–Trinajstić information content (AvgIpc) is 3.24. The first-order valence-corrected chi connectivity index (χ1v) is 17.7. The van der Waals surface area contributed by atoms with E-state index in [4.69, 9.17) is 28.4 Å². The van der Waals surface area contributed by atoms with Crippen molar-refractivity contribution in [2.75, 3.05) is 6.61 Å². The van der Waals surface area contributed by atoms with Gasteiger partial charge in [-0.3, -0.25) is 4.79 Å². The van der Waals surface area contributed by atoms with Gasteiger partial charge in [0.2, 0.25) is 0 Å². The second-order valence-electron chi connectivity index (χ2n) is 12.6. The molecule has 0 aromatic heterocycles. The molecule has 55 heavy (non-hydrogen) atoms. The fourth-order valence-corrected chi connectivity index (χ4v) is 5.96. The Morgan fingerprint density at radius 3 is 1.27 bits per heavy atom. The Morgan fingerprint density at radius 2 is 0.818 bits per heavy atom. The molecule has 280 valence electrons. The summed E-state index contributed by atoms with van der Waals surface area (Å²) in [5.74, 6) is -3.65. The highest BCUT2D eigenvalue weighted by Crippen LogP contribution is 2.33. The molecule has 0 N–H and O–H groups in total. The van der Waals surface area contributed by atoms with Crippen LogP contribution in [0.2, 0.25) is 0 Å². The molecule has 1 heterocycles. The predicted octanol–water partition coefficient (Wildman–Crippen LogP) is 6.81. The monoisotopic (exact) mass is 742 g/mol. The van der Waals surface area contributed by atoms with E-state index in [0.29, 0.717) is 0 Å². The van der Waals surface area contributed by atoms with E-state index in [-0.39, 0.29) is 41.7 Å². The molecule has 1 fully saturated rings. The SMILES string of the molecule is O=C(CC[C@H]1O[C@H](COC(=O)c2ccccc2)[C@H](OC(=O)c2ccccc2)[C@H](OC(=O)c2ccccc2)[C@H]1OC(=O)c1ccccc1)OCc1ccccc1. The van der Waals surface area contributed by atoms with Gasteiger partial charge in [-0.25, -0.2) is 19.2 Å². The van der Waals surface area contributed by atoms with Crippen molar-refractivity contribution in [3.63, 3.8) is 0 Å². The molecule has 1 aliphatic heterocycles. The van der Waals surface area contributed by atoms with Crippen LogP contribution in [-0.4, -0.2) is 67.0 Å². The Bertz CT molecular complexity index is 2020. The van der Waals surface area contributed by atoms with Crippen molar-refractivity contribution < 1.29 is 52.4 Å². The van der Waals surface area contributed by atoms with Gasteiger partial charge in [0, 0.05) is 6.42 Å². The minimum Gasteiger partial charge on any atom is -0.461 e. The van der Waals surface area contributed by atoms with E-state index >= 15 is 0 Å². The maximum Gasteiger partial charge on any atom is 0.338 e. The molecule has 1 saturated heterocycles. The summed E-state index contributed by atoms with van der Waals surface area (Å²) in [4.78, 5) is 67.3. The van der Waals surface area contributed by atoms with Gasteiger partial charge in [0.25, 0.3) is 0 Å².